The fraction of sp³-hybridized carbons (Fsp3) is 0.600. The van der Waals surface area contributed by atoms with E-state index in [1.54, 1.807) is 0 Å². The maximum atomic E-state index is 11.5. The Labute approximate surface area is 128 Å². The predicted molar refractivity (Wildman–Crippen MR) is 74.4 cm³/mol. The van der Waals surface area contributed by atoms with Gasteiger partial charge in [-0.25, -0.2) is 9.59 Å². The third kappa shape index (κ3) is 7.56. The van der Waals surface area contributed by atoms with E-state index in [1.165, 1.54) is 7.11 Å². The zero-order valence-corrected chi connectivity index (χ0v) is 12.5. The molecule has 1 aliphatic rings. The number of methoxy groups -OCH3 is 1. The molecule has 22 heavy (non-hydrogen) atoms. The summed E-state index contributed by atoms with van der Waals surface area (Å²) in [6, 6.07) is 0. The van der Waals surface area contributed by atoms with Crippen LogP contribution in [0.25, 0.3) is 0 Å². The minimum Gasteiger partial charge on any atom is -0.466 e. The average Bonchev–Trinajstić information content (AvgIpc) is 2.97. The van der Waals surface area contributed by atoms with Gasteiger partial charge in [0, 0.05) is 18.6 Å². The third-order valence-electron chi connectivity index (χ3n) is 3.26. The Morgan fingerprint density at radius 3 is 2.27 bits per heavy atom. The highest BCUT2D eigenvalue weighted by Gasteiger charge is 2.20. The molecule has 1 rings (SSSR count). The Kier molecular flexibility index (Phi) is 7.88. The Morgan fingerprint density at radius 2 is 1.64 bits per heavy atom. The van der Waals surface area contributed by atoms with Gasteiger partial charge in [-0.15, -0.1) is 0 Å². The van der Waals surface area contributed by atoms with Gasteiger partial charge in [-0.1, -0.05) is 12.8 Å². The summed E-state index contributed by atoms with van der Waals surface area (Å²) in [6.07, 6.45) is 6.05. The SMILES string of the molecule is COC(=O)C=CC(=O)OCCC(=O)OC(=O)CC1CCCC1. The zero-order valence-electron chi connectivity index (χ0n) is 12.5. The van der Waals surface area contributed by atoms with Crippen LogP contribution in [0, 0.1) is 5.92 Å². The average molecular weight is 312 g/mol. The number of carbonyl (C=O) groups is 4. The Morgan fingerprint density at radius 1 is 1.00 bits per heavy atom. The van der Waals surface area contributed by atoms with Crippen LogP contribution in [0.2, 0.25) is 0 Å². The molecule has 0 aromatic rings. The van der Waals surface area contributed by atoms with Crippen molar-refractivity contribution in [1.29, 1.82) is 0 Å². The fourth-order valence-corrected chi connectivity index (χ4v) is 2.16. The lowest BCUT2D eigenvalue weighted by atomic mass is 10.0. The van der Waals surface area contributed by atoms with E-state index in [1.807, 2.05) is 0 Å². The van der Waals surface area contributed by atoms with E-state index in [-0.39, 0.29) is 19.4 Å². The summed E-state index contributed by atoms with van der Waals surface area (Å²) < 4.78 is 13.6. The van der Waals surface area contributed by atoms with Crippen molar-refractivity contribution < 1.29 is 33.4 Å². The molecule has 0 amide bonds. The molecule has 1 fully saturated rings. The third-order valence-corrected chi connectivity index (χ3v) is 3.26. The lowest BCUT2D eigenvalue weighted by molar-refractivity contribution is -0.161. The van der Waals surface area contributed by atoms with E-state index >= 15 is 0 Å². The Balaban J connectivity index is 2.14. The van der Waals surface area contributed by atoms with Gasteiger partial charge < -0.3 is 14.2 Å². The van der Waals surface area contributed by atoms with Crippen LogP contribution in [-0.2, 0) is 33.4 Å². The second-order valence-corrected chi connectivity index (χ2v) is 4.97. The minimum atomic E-state index is -0.782. The molecule has 0 radical (unpaired) electrons. The highest BCUT2D eigenvalue weighted by molar-refractivity contribution is 5.91. The monoisotopic (exact) mass is 312 g/mol. The van der Waals surface area contributed by atoms with E-state index in [0.29, 0.717) is 5.92 Å². The van der Waals surface area contributed by atoms with E-state index < -0.39 is 23.9 Å². The number of esters is 4. The van der Waals surface area contributed by atoms with Crippen LogP contribution < -0.4 is 0 Å². The van der Waals surface area contributed by atoms with Crippen molar-refractivity contribution in [3.8, 4) is 0 Å². The predicted octanol–water partition coefficient (Wildman–Crippen LogP) is 1.30. The molecule has 1 saturated carbocycles. The first-order valence-corrected chi connectivity index (χ1v) is 7.17. The van der Waals surface area contributed by atoms with Gasteiger partial charge in [0.25, 0.3) is 0 Å². The number of hydrogen-bond acceptors (Lipinski definition) is 7. The molecule has 0 aromatic carbocycles. The van der Waals surface area contributed by atoms with Crippen molar-refractivity contribution in [1.82, 2.24) is 0 Å². The Hall–Kier alpha value is -2.18. The van der Waals surface area contributed by atoms with E-state index in [0.717, 1.165) is 37.8 Å². The van der Waals surface area contributed by atoms with Crippen molar-refractivity contribution in [2.24, 2.45) is 5.92 Å². The maximum Gasteiger partial charge on any atom is 0.331 e. The van der Waals surface area contributed by atoms with Gasteiger partial charge in [-0.3, -0.25) is 9.59 Å². The van der Waals surface area contributed by atoms with Crippen LogP contribution in [0.3, 0.4) is 0 Å². The van der Waals surface area contributed by atoms with Gasteiger partial charge in [0.15, 0.2) is 0 Å². The molecule has 0 aromatic heterocycles. The highest BCUT2D eigenvalue weighted by Crippen LogP contribution is 2.27. The van der Waals surface area contributed by atoms with Gasteiger partial charge in [0.05, 0.1) is 13.5 Å². The summed E-state index contributed by atoms with van der Waals surface area (Å²) in [5.74, 6) is -2.42. The molecule has 0 bridgehead atoms. The smallest absolute Gasteiger partial charge is 0.331 e. The lowest BCUT2D eigenvalue weighted by Gasteiger charge is -2.07. The van der Waals surface area contributed by atoms with Gasteiger partial charge >= 0.3 is 23.9 Å². The molecular weight excluding hydrogens is 292 g/mol. The molecule has 0 unspecified atom stereocenters. The van der Waals surface area contributed by atoms with Crippen LogP contribution in [0.15, 0.2) is 12.2 Å². The molecule has 0 heterocycles. The molecule has 0 atom stereocenters. The lowest BCUT2D eigenvalue weighted by Crippen LogP contribution is -2.17. The van der Waals surface area contributed by atoms with E-state index in [4.69, 9.17) is 0 Å². The zero-order chi connectivity index (χ0) is 16.4. The molecular formula is C15H20O7. The fourth-order valence-electron chi connectivity index (χ4n) is 2.16. The maximum absolute atomic E-state index is 11.5. The quantitative estimate of drug-likeness (QED) is 0.302. The van der Waals surface area contributed by atoms with Crippen LogP contribution in [0.5, 0.6) is 0 Å². The molecule has 1 aliphatic carbocycles. The number of rotatable bonds is 7. The number of hydrogen-bond donors (Lipinski definition) is 0. The summed E-state index contributed by atoms with van der Waals surface area (Å²) in [4.78, 5) is 44.8. The second-order valence-electron chi connectivity index (χ2n) is 4.97. The first kappa shape index (κ1) is 17.9. The topological polar surface area (TPSA) is 96.0 Å². The van der Waals surface area contributed by atoms with Crippen LogP contribution >= 0.6 is 0 Å². The normalized spacial score (nSPS) is 14.8. The van der Waals surface area contributed by atoms with Crippen LogP contribution in [-0.4, -0.2) is 37.6 Å². The highest BCUT2D eigenvalue weighted by atomic mass is 16.6. The summed E-state index contributed by atoms with van der Waals surface area (Å²) in [5.41, 5.74) is 0. The minimum absolute atomic E-state index is 0.214. The summed E-state index contributed by atoms with van der Waals surface area (Å²) in [7, 11) is 1.18. The number of carbonyl (C=O) groups excluding carboxylic acids is 4. The van der Waals surface area contributed by atoms with Crippen molar-refractivity contribution in [3.05, 3.63) is 12.2 Å². The van der Waals surface area contributed by atoms with E-state index in [9.17, 15) is 19.2 Å². The van der Waals surface area contributed by atoms with Gasteiger partial charge in [0.2, 0.25) is 0 Å². The molecule has 7 heteroatoms. The first-order chi connectivity index (χ1) is 10.5. The van der Waals surface area contributed by atoms with E-state index in [2.05, 4.69) is 14.2 Å². The summed E-state index contributed by atoms with van der Waals surface area (Å²) in [5, 5.41) is 0. The van der Waals surface area contributed by atoms with Gasteiger partial charge in [-0.05, 0) is 18.8 Å². The molecule has 0 spiro atoms. The first-order valence-electron chi connectivity index (χ1n) is 7.17. The van der Waals surface area contributed by atoms with Crippen molar-refractivity contribution in [2.75, 3.05) is 13.7 Å². The van der Waals surface area contributed by atoms with Crippen molar-refractivity contribution >= 4 is 23.9 Å². The largest absolute Gasteiger partial charge is 0.466 e. The molecule has 122 valence electrons. The van der Waals surface area contributed by atoms with Gasteiger partial charge in [-0.2, -0.15) is 0 Å². The summed E-state index contributed by atoms with van der Waals surface area (Å²) >= 11 is 0. The van der Waals surface area contributed by atoms with Crippen molar-refractivity contribution in [2.45, 2.75) is 38.5 Å². The Bertz CT molecular complexity index is 447. The summed E-state index contributed by atoms with van der Waals surface area (Å²) in [6.45, 7) is -0.222. The number of ether oxygens (including phenoxy) is 3. The molecule has 0 N–H and O–H groups in total. The molecule has 0 aliphatic heterocycles. The van der Waals surface area contributed by atoms with Crippen LogP contribution in [0.1, 0.15) is 38.5 Å². The van der Waals surface area contributed by atoms with Crippen molar-refractivity contribution in [3.63, 3.8) is 0 Å². The molecule has 0 saturated heterocycles. The van der Waals surface area contributed by atoms with Gasteiger partial charge in [0.1, 0.15) is 6.61 Å². The standard InChI is InChI=1S/C15H20O7/c1-20-12(16)6-7-13(17)21-9-8-14(18)22-15(19)10-11-4-2-3-5-11/h6-7,11H,2-5,8-10H2,1H3. The second kappa shape index (κ2) is 9.70. The molecule has 7 nitrogen and oxygen atoms in total. The van der Waals surface area contributed by atoms with Crippen LogP contribution in [0.4, 0.5) is 0 Å².